The van der Waals surface area contributed by atoms with Crippen LogP contribution in [0, 0.1) is 5.92 Å². The van der Waals surface area contributed by atoms with Gasteiger partial charge in [-0.15, -0.1) is 11.3 Å². The van der Waals surface area contributed by atoms with Gasteiger partial charge in [0.2, 0.25) is 0 Å². The minimum atomic E-state index is 0.683. The first-order valence-corrected chi connectivity index (χ1v) is 6.89. The minimum absolute atomic E-state index is 0.683. The Labute approximate surface area is 98.0 Å². The monoisotopic (exact) mass is 273 g/mol. The molecule has 1 aliphatic rings. The quantitative estimate of drug-likeness (QED) is 0.880. The second kappa shape index (κ2) is 4.77. The van der Waals surface area contributed by atoms with Gasteiger partial charge in [0, 0.05) is 12.6 Å². The highest BCUT2D eigenvalue weighted by Gasteiger charge is 2.23. The molecule has 14 heavy (non-hydrogen) atoms. The summed E-state index contributed by atoms with van der Waals surface area (Å²) in [5.41, 5.74) is 1.40. The SMILES string of the molecule is CC(NCc1csc(Br)c1)C1CCC1. The van der Waals surface area contributed by atoms with E-state index in [1.54, 1.807) is 11.3 Å². The van der Waals surface area contributed by atoms with Crippen LogP contribution in [-0.2, 0) is 6.54 Å². The molecule has 1 heterocycles. The number of nitrogens with one attached hydrogen (secondary N) is 1. The molecule has 0 spiro atoms. The number of hydrogen-bond acceptors (Lipinski definition) is 2. The van der Waals surface area contributed by atoms with E-state index >= 15 is 0 Å². The number of rotatable bonds is 4. The summed E-state index contributed by atoms with van der Waals surface area (Å²) in [6, 6.07) is 2.88. The van der Waals surface area contributed by atoms with E-state index in [1.807, 2.05) is 0 Å². The highest BCUT2D eigenvalue weighted by atomic mass is 79.9. The lowest BCUT2D eigenvalue weighted by Crippen LogP contribution is -2.36. The first kappa shape index (κ1) is 10.7. The molecule has 0 saturated heterocycles. The average molecular weight is 274 g/mol. The van der Waals surface area contributed by atoms with Crippen molar-refractivity contribution in [2.45, 2.75) is 38.8 Å². The molecule has 1 aromatic rings. The van der Waals surface area contributed by atoms with E-state index in [0.717, 1.165) is 12.5 Å². The van der Waals surface area contributed by atoms with Crippen molar-refractivity contribution in [3.8, 4) is 0 Å². The van der Waals surface area contributed by atoms with Crippen LogP contribution in [0.25, 0.3) is 0 Å². The predicted octanol–water partition coefficient (Wildman–Crippen LogP) is 3.79. The third kappa shape index (κ3) is 2.59. The van der Waals surface area contributed by atoms with Gasteiger partial charge in [0.15, 0.2) is 0 Å². The second-order valence-corrected chi connectivity index (χ2v) is 6.41. The zero-order chi connectivity index (χ0) is 9.97. The van der Waals surface area contributed by atoms with Crippen molar-refractivity contribution < 1.29 is 0 Å². The van der Waals surface area contributed by atoms with E-state index in [1.165, 1.54) is 28.6 Å². The molecule has 1 nitrogen and oxygen atoms in total. The van der Waals surface area contributed by atoms with Gasteiger partial charge in [-0.3, -0.25) is 0 Å². The van der Waals surface area contributed by atoms with E-state index < -0.39 is 0 Å². The van der Waals surface area contributed by atoms with Gasteiger partial charge in [-0.1, -0.05) is 6.42 Å². The van der Waals surface area contributed by atoms with Crippen LogP contribution in [-0.4, -0.2) is 6.04 Å². The normalized spacial score (nSPS) is 19.3. The molecule has 0 bridgehead atoms. The molecule has 1 unspecified atom stereocenters. The molecule has 0 aliphatic heterocycles. The lowest BCUT2D eigenvalue weighted by molar-refractivity contribution is 0.240. The van der Waals surface area contributed by atoms with Crippen molar-refractivity contribution in [3.63, 3.8) is 0 Å². The Balaban J connectivity index is 1.76. The summed E-state index contributed by atoms with van der Waals surface area (Å²) >= 11 is 5.24. The Bertz CT molecular complexity index is 293. The van der Waals surface area contributed by atoms with E-state index in [2.05, 4.69) is 39.6 Å². The van der Waals surface area contributed by atoms with Crippen LogP contribution < -0.4 is 5.32 Å². The Hall–Kier alpha value is 0.140. The van der Waals surface area contributed by atoms with Crippen LogP contribution in [0.2, 0.25) is 0 Å². The van der Waals surface area contributed by atoms with E-state index in [-0.39, 0.29) is 0 Å². The summed E-state index contributed by atoms with van der Waals surface area (Å²) in [5.74, 6) is 0.928. The van der Waals surface area contributed by atoms with Crippen molar-refractivity contribution in [3.05, 3.63) is 20.8 Å². The Kier molecular flexibility index (Phi) is 3.63. The van der Waals surface area contributed by atoms with Gasteiger partial charge < -0.3 is 5.32 Å². The van der Waals surface area contributed by atoms with E-state index in [0.29, 0.717) is 6.04 Å². The van der Waals surface area contributed by atoms with Gasteiger partial charge in [-0.2, -0.15) is 0 Å². The molecule has 1 atom stereocenters. The van der Waals surface area contributed by atoms with Gasteiger partial charge in [0.25, 0.3) is 0 Å². The van der Waals surface area contributed by atoms with Crippen molar-refractivity contribution in [1.82, 2.24) is 5.32 Å². The Morgan fingerprint density at radius 1 is 1.64 bits per heavy atom. The zero-order valence-corrected chi connectivity index (χ0v) is 10.8. The number of halogens is 1. The fourth-order valence-electron chi connectivity index (χ4n) is 1.82. The van der Waals surface area contributed by atoms with E-state index in [9.17, 15) is 0 Å². The highest BCUT2D eigenvalue weighted by molar-refractivity contribution is 9.11. The van der Waals surface area contributed by atoms with Crippen LogP contribution in [0.15, 0.2) is 15.2 Å². The fraction of sp³-hybridized carbons (Fsp3) is 0.636. The lowest BCUT2D eigenvalue weighted by Gasteiger charge is -2.32. The van der Waals surface area contributed by atoms with Crippen molar-refractivity contribution in [2.24, 2.45) is 5.92 Å². The smallest absolute Gasteiger partial charge is 0.0701 e. The van der Waals surface area contributed by atoms with Crippen LogP contribution in [0.1, 0.15) is 31.7 Å². The summed E-state index contributed by atoms with van der Waals surface area (Å²) in [7, 11) is 0. The molecular weight excluding hydrogens is 258 g/mol. The summed E-state index contributed by atoms with van der Waals surface area (Å²) in [6.45, 7) is 3.32. The van der Waals surface area contributed by atoms with Crippen molar-refractivity contribution in [2.75, 3.05) is 0 Å². The van der Waals surface area contributed by atoms with Gasteiger partial charge in [-0.25, -0.2) is 0 Å². The van der Waals surface area contributed by atoms with Gasteiger partial charge >= 0.3 is 0 Å². The van der Waals surface area contributed by atoms with Crippen LogP contribution in [0.3, 0.4) is 0 Å². The van der Waals surface area contributed by atoms with E-state index in [4.69, 9.17) is 0 Å². The van der Waals surface area contributed by atoms with Gasteiger partial charge in [0.1, 0.15) is 0 Å². The highest BCUT2D eigenvalue weighted by Crippen LogP contribution is 2.29. The summed E-state index contributed by atoms with van der Waals surface area (Å²) in [4.78, 5) is 0. The first-order valence-electron chi connectivity index (χ1n) is 5.22. The molecule has 1 fully saturated rings. The standard InChI is InChI=1S/C11H16BrNS/c1-8(10-3-2-4-10)13-6-9-5-11(12)14-7-9/h5,7-8,10,13H,2-4,6H2,1H3. The summed E-state index contributed by atoms with van der Waals surface area (Å²) < 4.78 is 1.23. The largest absolute Gasteiger partial charge is 0.310 e. The molecule has 2 rings (SSSR count). The second-order valence-electron chi connectivity index (χ2n) is 4.12. The lowest BCUT2D eigenvalue weighted by atomic mass is 9.80. The zero-order valence-electron chi connectivity index (χ0n) is 8.42. The van der Waals surface area contributed by atoms with Crippen LogP contribution in [0.5, 0.6) is 0 Å². The molecular formula is C11H16BrNS. The van der Waals surface area contributed by atoms with Crippen LogP contribution >= 0.6 is 27.3 Å². The maximum absolute atomic E-state index is 3.60. The van der Waals surface area contributed by atoms with Crippen molar-refractivity contribution >= 4 is 27.3 Å². The molecule has 1 aromatic heterocycles. The number of hydrogen-bond donors (Lipinski definition) is 1. The summed E-state index contributed by atoms with van der Waals surface area (Å²) in [5, 5.41) is 5.81. The maximum Gasteiger partial charge on any atom is 0.0701 e. The minimum Gasteiger partial charge on any atom is -0.310 e. The molecule has 1 N–H and O–H groups in total. The molecule has 78 valence electrons. The summed E-state index contributed by atoms with van der Waals surface area (Å²) in [6.07, 6.45) is 4.27. The molecule has 0 amide bonds. The third-order valence-electron chi connectivity index (χ3n) is 3.11. The number of thiophene rings is 1. The van der Waals surface area contributed by atoms with Gasteiger partial charge in [0.05, 0.1) is 3.79 Å². The molecule has 1 saturated carbocycles. The first-order chi connectivity index (χ1) is 6.75. The Morgan fingerprint density at radius 3 is 2.93 bits per heavy atom. The molecule has 3 heteroatoms. The maximum atomic E-state index is 3.60. The molecule has 0 radical (unpaired) electrons. The van der Waals surface area contributed by atoms with Crippen LogP contribution in [0.4, 0.5) is 0 Å². The van der Waals surface area contributed by atoms with Gasteiger partial charge in [-0.05, 0) is 58.6 Å². The average Bonchev–Trinajstić information content (AvgIpc) is 2.45. The van der Waals surface area contributed by atoms with Crippen molar-refractivity contribution in [1.29, 1.82) is 0 Å². The fourth-order valence-corrected chi connectivity index (χ4v) is 3.03. The third-order valence-corrected chi connectivity index (χ3v) is 4.66. The Morgan fingerprint density at radius 2 is 2.43 bits per heavy atom. The molecule has 0 aromatic carbocycles. The predicted molar refractivity (Wildman–Crippen MR) is 65.7 cm³/mol. The molecule has 1 aliphatic carbocycles. The topological polar surface area (TPSA) is 12.0 Å².